The number of ether oxygens (including phenoxy) is 1. The predicted molar refractivity (Wildman–Crippen MR) is 65.4 cm³/mol. The maximum atomic E-state index is 11.2. The molecule has 1 saturated heterocycles. The zero-order chi connectivity index (χ0) is 11.9. The minimum Gasteiger partial charge on any atom is -0.377 e. The molecule has 0 spiro atoms. The topological polar surface area (TPSA) is 55.4 Å². The van der Waals surface area contributed by atoms with Crippen LogP contribution in [0.1, 0.15) is 32.6 Å². The lowest BCUT2D eigenvalue weighted by molar-refractivity contribution is 0.0171. The zero-order valence-corrected chi connectivity index (χ0v) is 10.9. The first-order chi connectivity index (χ1) is 7.64. The molecule has 0 aliphatic carbocycles. The summed E-state index contributed by atoms with van der Waals surface area (Å²) < 4.78 is 28.0. The molecule has 0 bridgehead atoms. The van der Waals surface area contributed by atoms with Gasteiger partial charge in [0.2, 0.25) is 0 Å². The minimum atomic E-state index is -2.80. The molecule has 1 atom stereocenters. The van der Waals surface area contributed by atoms with Gasteiger partial charge in [0, 0.05) is 18.9 Å². The molecule has 1 heterocycles. The normalized spacial score (nSPS) is 22.2. The molecule has 96 valence electrons. The minimum absolute atomic E-state index is 0.249. The zero-order valence-electron chi connectivity index (χ0n) is 10.1. The van der Waals surface area contributed by atoms with E-state index in [1.807, 2.05) is 0 Å². The summed E-state index contributed by atoms with van der Waals surface area (Å²) in [5, 5.41) is 3.26. The molecule has 4 nitrogen and oxygen atoms in total. The van der Waals surface area contributed by atoms with Crippen molar-refractivity contribution in [1.29, 1.82) is 0 Å². The summed E-state index contributed by atoms with van der Waals surface area (Å²) in [6.07, 6.45) is 4.57. The highest BCUT2D eigenvalue weighted by molar-refractivity contribution is 7.91. The van der Waals surface area contributed by atoms with Crippen molar-refractivity contribution in [2.24, 2.45) is 0 Å². The molecule has 0 radical (unpaired) electrons. The molecule has 16 heavy (non-hydrogen) atoms. The van der Waals surface area contributed by atoms with Gasteiger partial charge in [-0.3, -0.25) is 0 Å². The molecule has 1 unspecified atom stereocenters. The molecule has 1 aliphatic heterocycles. The third-order valence-electron chi connectivity index (χ3n) is 2.89. The first-order valence-electron chi connectivity index (χ1n) is 6.17. The lowest BCUT2D eigenvalue weighted by atomic mass is 10.1. The van der Waals surface area contributed by atoms with Gasteiger partial charge >= 0.3 is 0 Å². The van der Waals surface area contributed by atoms with Crippen molar-refractivity contribution in [3.63, 3.8) is 0 Å². The van der Waals surface area contributed by atoms with Crippen LogP contribution in [0.3, 0.4) is 0 Å². The van der Waals surface area contributed by atoms with Crippen LogP contribution in [0.2, 0.25) is 0 Å². The number of nitrogens with one attached hydrogen (secondary N) is 1. The lowest BCUT2D eigenvalue weighted by Gasteiger charge is -2.22. The number of hydrogen-bond acceptors (Lipinski definition) is 4. The van der Waals surface area contributed by atoms with E-state index in [1.165, 1.54) is 12.8 Å². The van der Waals surface area contributed by atoms with Gasteiger partial charge in [-0.25, -0.2) is 8.42 Å². The van der Waals surface area contributed by atoms with Crippen molar-refractivity contribution in [2.75, 3.05) is 31.2 Å². The third kappa shape index (κ3) is 5.82. The SMILES string of the molecule is CCS(=O)(=O)CCCNCC1CCCCO1. The highest BCUT2D eigenvalue weighted by atomic mass is 32.2. The molecule has 1 fully saturated rings. The summed E-state index contributed by atoms with van der Waals surface area (Å²) >= 11 is 0. The molecular weight excluding hydrogens is 226 g/mol. The number of sulfone groups is 1. The Morgan fingerprint density at radius 2 is 2.19 bits per heavy atom. The highest BCUT2D eigenvalue weighted by Crippen LogP contribution is 2.11. The standard InChI is InChI=1S/C11H23NO3S/c1-2-16(13,14)9-5-7-12-10-11-6-3-4-8-15-11/h11-12H,2-10H2,1H3. The summed E-state index contributed by atoms with van der Waals surface area (Å²) in [6.45, 7) is 4.18. The van der Waals surface area contributed by atoms with E-state index < -0.39 is 9.84 Å². The van der Waals surface area contributed by atoms with Crippen LogP contribution >= 0.6 is 0 Å². The summed E-state index contributed by atoms with van der Waals surface area (Å²) in [6, 6.07) is 0. The van der Waals surface area contributed by atoms with Crippen molar-refractivity contribution in [3.8, 4) is 0 Å². The number of rotatable bonds is 7. The Labute approximate surface area is 98.7 Å². The Morgan fingerprint density at radius 1 is 1.38 bits per heavy atom. The van der Waals surface area contributed by atoms with E-state index in [1.54, 1.807) is 6.92 Å². The van der Waals surface area contributed by atoms with Crippen molar-refractivity contribution in [3.05, 3.63) is 0 Å². The van der Waals surface area contributed by atoms with Crippen LogP contribution in [-0.4, -0.2) is 45.7 Å². The van der Waals surface area contributed by atoms with E-state index in [0.717, 1.165) is 26.1 Å². The van der Waals surface area contributed by atoms with E-state index in [0.29, 0.717) is 18.3 Å². The molecule has 1 N–H and O–H groups in total. The van der Waals surface area contributed by atoms with E-state index in [9.17, 15) is 8.42 Å². The van der Waals surface area contributed by atoms with Crippen LogP contribution in [0, 0.1) is 0 Å². The second kappa shape index (κ2) is 7.25. The Kier molecular flexibility index (Phi) is 6.31. The molecule has 1 aliphatic rings. The van der Waals surface area contributed by atoms with Crippen molar-refractivity contribution in [2.45, 2.75) is 38.7 Å². The fourth-order valence-corrected chi connectivity index (χ4v) is 2.67. The third-order valence-corrected chi connectivity index (χ3v) is 4.69. The monoisotopic (exact) mass is 249 g/mol. The van der Waals surface area contributed by atoms with Gasteiger partial charge in [-0.1, -0.05) is 6.92 Å². The van der Waals surface area contributed by atoms with Gasteiger partial charge in [-0.2, -0.15) is 0 Å². The van der Waals surface area contributed by atoms with Gasteiger partial charge in [-0.05, 0) is 32.2 Å². The van der Waals surface area contributed by atoms with Crippen LogP contribution in [0.4, 0.5) is 0 Å². The van der Waals surface area contributed by atoms with Crippen molar-refractivity contribution in [1.82, 2.24) is 5.32 Å². The first kappa shape index (κ1) is 13.9. The Morgan fingerprint density at radius 3 is 2.81 bits per heavy atom. The lowest BCUT2D eigenvalue weighted by Crippen LogP contribution is -2.32. The van der Waals surface area contributed by atoms with Crippen LogP contribution < -0.4 is 5.32 Å². The van der Waals surface area contributed by atoms with Gasteiger partial charge in [0.15, 0.2) is 0 Å². The maximum Gasteiger partial charge on any atom is 0.150 e. The highest BCUT2D eigenvalue weighted by Gasteiger charge is 2.13. The Bertz CT molecular complexity index is 271. The predicted octanol–water partition coefficient (Wildman–Crippen LogP) is 0.970. The van der Waals surface area contributed by atoms with Crippen LogP contribution in [-0.2, 0) is 14.6 Å². The number of hydrogen-bond donors (Lipinski definition) is 1. The molecule has 1 rings (SSSR count). The summed E-state index contributed by atoms with van der Waals surface area (Å²) in [7, 11) is -2.80. The van der Waals surface area contributed by atoms with Gasteiger partial charge in [0.05, 0.1) is 11.9 Å². The Hall–Kier alpha value is -0.130. The molecule has 0 saturated carbocycles. The average Bonchev–Trinajstić information content (AvgIpc) is 2.30. The van der Waals surface area contributed by atoms with Gasteiger partial charge in [0.1, 0.15) is 9.84 Å². The Balaban J connectivity index is 1.99. The van der Waals surface area contributed by atoms with E-state index in [4.69, 9.17) is 4.74 Å². The van der Waals surface area contributed by atoms with E-state index in [-0.39, 0.29) is 5.75 Å². The van der Waals surface area contributed by atoms with Crippen LogP contribution in [0.25, 0.3) is 0 Å². The van der Waals surface area contributed by atoms with Gasteiger partial charge in [-0.15, -0.1) is 0 Å². The average molecular weight is 249 g/mol. The van der Waals surface area contributed by atoms with Crippen molar-refractivity contribution < 1.29 is 13.2 Å². The quantitative estimate of drug-likeness (QED) is 0.683. The van der Waals surface area contributed by atoms with E-state index >= 15 is 0 Å². The summed E-state index contributed by atoms with van der Waals surface area (Å²) in [4.78, 5) is 0. The second-order valence-electron chi connectivity index (χ2n) is 4.28. The first-order valence-corrected chi connectivity index (χ1v) is 7.99. The maximum absolute atomic E-state index is 11.2. The largest absolute Gasteiger partial charge is 0.377 e. The van der Waals surface area contributed by atoms with Crippen LogP contribution in [0.5, 0.6) is 0 Å². The smallest absolute Gasteiger partial charge is 0.150 e. The molecule has 5 heteroatoms. The fourth-order valence-electron chi connectivity index (χ4n) is 1.79. The van der Waals surface area contributed by atoms with Crippen LogP contribution in [0.15, 0.2) is 0 Å². The summed E-state index contributed by atoms with van der Waals surface area (Å²) in [5.41, 5.74) is 0. The van der Waals surface area contributed by atoms with Crippen molar-refractivity contribution >= 4 is 9.84 Å². The van der Waals surface area contributed by atoms with Gasteiger partial charge < -0.3 is 10.1 Å². The molecular formula is C11H23NO3S. The molecule has 0 aromatic rings. The molecule has 0 aromatic heterocycles. The summed E-state index contributed by atoms with van der Waals surface area (Å²) in [5.74, 6) is 0.542. The molecule has 0 aromatic carbocycles. The second-order valence-corrected chi connectivity index (χ2v) is 6.76. The fraction of sp³-hybridized carbons (Fsp3) is 1.00. The molecule has 0 amide bonds. The van der Waals surface area contributed by atoms with E-state index in [2.05, 4.69) is 5.32 Å². The van der Waals surface area contributed by atoms with Gasteiger partial charge in [0.25, 0.3) is 0 Å².